The highest BCUT2D eigenvalue weighted by Crippen LogP contribution is 2.17. The van der Waals surface area contributed by atoms with Crippen molar-refractivity contribution in [3.8, 4) is 0 Å². The fourth-order valence-electron chi connectivity index (χ4n) is 1.60. The summed E-state index contributed by atoms with van der Waals surface area (Å²) in [5.41, 5.74) is 13.5. The predicted molar refractivity (Wildman–Crippen MR) is 72.5 cm³/mol. The van der Waals surface area contributed by atoms with Crippen molar-refractivity contribution in [1.29, 1.82) is 0 Å². The Kier molecular flexibility index (Phi) is 5.32. The summed E-state index contributed by atoms with van der Waals surface area (Å²) in [6.45, 7) is 3.92. The molecule has 0 bridgehead atoms. The van der Waals surface area contributed by atoms with Gasteiger partial charge in [0.25, 0.3) is 0 Å². The largest absolute Gasteiger partial charge is 0.480 e. The molecular weight excluding hydrogens is 246 g/mol. The fraction of sp³-hybridized carbons (Fsp3) is 0.385. The number of anilines is 1. The molecule has 1 aromatic rings. The van der Waals surface area contributed by atoms with Crippen molar-refractivity contribution in [2.75, 3.05) is 5.43 Å². The van der Waals surface area contributed by atoms with E-state index in [0.717, 1.165) is 16.8 Å². The number of nitrogens with two attached hydrogens (primary N) is 1. The van der Waals surface area contributed by atoms with E-state index in [2.05, 4.69) is 10.9 Å². The highest BCUT2D eigenvalue weighted by molar-refractivity contribution is 5.77. The molecule has 0 saturated carbocycles. The number of hydrogen-bond acceptors (Lipinski definition) is 4. The lowest BCUT2D eigenvalue weighted by Crippen LogP contribution is -2.41. The molecule has 0 spiro atoms. The molecule has 0 radical (unpaired) electrons. The molecule has 1 amide bonds. The molecule has 0 unspecified atom stereocenters. The number of carboxylic acid groups (broad SMARTS) is 1. The van der Waals surface area contributed by atoms with Crippen molar-refractivity contribution < 1.29 is 14.7 Å². The number of benzene rings is 1. The van der Waals surface area contributed by atoms with Crippen LogP contribution in [0.1, 0.15) is 24.0 Å². The maximum atomic E-state index is 11.0. The van der Waals surface area contributed by atoms with Crippen molar-refractivity contribution in [2.45, 2.75) is 32.7 Å². The maximum Gasteiger partial charge on any atom is 0.322 e. The normalized spacial score (nSPS) is 11.9. The van der Waals surface area contributed by atoms with E-state index in [-0.39, 0.29) is 12.8 Å². The minimum absolute atomic E-state index is 0.0262. The summed E-state index contributed by atoms with van der Waals surface area (Å²) < 4.78 is 0. The summed E-state index contributed by atoms with van der Waals surface area (Å²) in [5.74, 6) is -1.54. The first kappa shape index (κ1) is 15.0. The minimum Gasteiger partial charge on any atom is -0.480 e. The molecule has 1 atom stereocenters. The molecule has 5 N–H and O–H groups in total. The van der Waals surface area contributed by atoms with Crippen molar-refractivity contribution in [2.24, 2.45) is 5.73 Å². The molecule has 19 heavy (non-hydrogen) atoms. The Labute approximate surface area is 112 Å². The molecule has 1 rings (SSSR count). The number of aliphatic carboxylic acids is 1. The quantitative estimate of drug-likeness (QED) is 0.549. The lowest BCUT2D eigenvalue weighted by atomic mass is 10.1. The van der Waals surface area contributed by atoms with Crippen molar-refractivity contribution in [1.82, 2.24) is 5.43 Å². The van der Waals surface area contributed by atoms with Crippen LogP contribution in [0.4, 0.5) is 5.69 Å². The van der Waals surface area contributed by atoms with Crippen LogP contribution in [0.5, 0.6) is 0 Å². The Morgan fingerprint density at radius 3 is 2.63 bits per heavy atom. The smallest absolute Gasteiger partial charge is 0.322 e. The number of rotatable bonds is 7. The number of carboxylic acids is 1. The van der Waals surface area contributed by atoms with Crippen LogP contribution in [0.15, 0.2) is 18.2 Å². The van der Waals surface area contributed by atoms with Crippen molar-refractivity contribution >= 4 is 17.6 Å². The summed E-state index contributed by atoms with van der Waals surface area (Å²) in [5, 5.41) is 9.03. The van der Waals surface area contributed by atoms with Gasteiger partial charge in [0.05, 0.1) is 5.69 Å². The zero-order valence-corrected chi connectivity index (χ0v) is 11.1. The third-order valence-electron chi connectivity index (χ3n) is 2.96. The number of amides is 1. The third-order valence-corrected chi connectivity index (χ3v) is 2.96. The summed E-state index contributed by atoms with van der Waals surface area (Å²) in [6, 6.07) is 4.84. The van der Waals surface area contributed by atoms with Crippen LogP contribution in [0.25, 0.3) is 0 Å². The highest BCUT2D eigenvalue weighted by Gasteiger charge is 2.17. The van der Waals surface area contributed by atoms with E-state index in [9.17, 15) is 9.59 Å². The standard InChI is InChI=1S/C13H19N3O3/c1-8-4-3-5-10(9(8)2)15-16-11(13(18)19)6-7-12(14)17/h3-5,11,15-16H,6-7H2,1-2H3,(H2,14,17)(H,18,19)/t11-/m1/s1. The van der Waals surface area contributed by atoms with E-state index in [4.69, 9.17) is 10.8 Å². The first-order valence-electron chi connectivity index (χ1n) is 6.00. The lowest BCUT2D eigenvalue weighted by molar-refractivity contribution is -0.139. The Balaban J connectivity index is 2.63. The lowest BCUT2D eigenvalue weighted by Gasteiger charge is -2.17. The van der Waals surface area contributed by atoms with Gasteiger partial charge in [0.15, 0.2) is 0 Å². The zero-order valence-electron chi connectivity index (χ0n) is 11.1. The number of aryl methyl sites for hydroxylation is 1. The molecule has 0 aliphatic heterocycles. The van der Waals surface area contributed by atoms with Crippen LogP contribution in [-0.4, -0.2) is 23.0 Å². The molecule has 6 heteroatoms. The Hall–Kier alpha value is -2.08. The van der Waals surface area contributed by atoms with E-state index in [0.29, 0.717) is 0 Å². The molecule has 1 aromatic carbocycles. The monoisotopic (exact) mass is 265 g/mol. The molecule has 0 aliphatic carbocycles. The van der Waals surface area contributed by atoms with Crippen LogP contribution in [0.3, 0.4) is 0 Å². The van der Waals surface area contributed by atoms with Gasteiger partial charge in [-0.05, 0) is 37.5 Å². The number of hydrogen-bond donors (Lipinski definition) is 4. The first-order valence-corrected chi connectivity index (χ1v) is 6.00. The molecule has 0 fully saturated rings. The van der Waals surface area contributed by atoms with Crippen LogP contribution < -0.4 is 16.6 Å². The summed E-state index contributed by atoms with van der Waals surface area (Å²) >= 11 is 0. The van der Waals surface area contributed by atoms with Gasteiger partial charge >= 0.3 is 5.97 Å². The Bertz CT molecular complexity index is 474. The summed E-state index contributed by atoms with van der Waals surface area (Å²) in [6.07, 6.45) is 0.168. The zero-order chi connectivity index (χ0) is 14.4. The molecular formula is C13H19N3O3. The Morgan fingerprint density at radius 1 is 1.37 bits per heavy atom. The topological polar surface area (TPSA) is 104 Å². The maximum absolute atomic E-state index is 11.0. The molecule has 0 heterocycles. The van der Waals surface area contributed by atoms with E-state index in [1.165, 1.54) is 0 Å². The predicted octanol–water partition coefficient (Wildman–Crippen LogP) is 0.939. The Morgan fingerprint density at radius 2 is 2.05 bits per heavy atom. The van der Waals surface area contributed by atoms with Gasteiger partial charge < -0.3 is 16.3 Å². The fourth-order valence-corrected chi connectivity index (χ4v) is 1.60. The first-order chi connectivity index (χ1) is 8.91. The minimum atomic E-state index is -1.03. The van der Waals surface area contributed by atoms with E-state index in [1.807, 2.05) is 32.0 Å². The molecule has 6 nitrogen and oxygen atoms in total. The molecule has 0 saturated heterocycles. The second kappa shape index (κ2) is 6.75. The second-order valence-electron chi connectivity index (χ2n) is 4.41. The van der Waals surface area contributed by atoms with Crippen LogP contribution in [0.2, 0.25) is 0 Å². The number of nitrogens with one attached hydrogen (secondary N) is 2. The molecule has 104 valence electrons. The highest BCUT2D eigenvalue weighted by atomic mass is 16.4. The van der Waals surface area contributed by atoms with Gasteiger partial charge in [0, 0.05) is 6.42 Å². The molecule has 0 aliphatic rings. The van der Waals surface area contributed by atoms with Crippen molar-refractivity contribution in [3.63, 3.8) is 0 Å². The summed E-state index contributed by atoms with van der Waals surface area (Å²) in [7, 11) is 0. The van der Waals surface area contributed by atoms with Gasteiger partial charge in [-0.15, -0.1) is 0 Å². The average Bonchev–Trinajstić information content (AvgIpc) is 2.33. The van der Waals surface area contributed by atoms with Gasteiger partial charge in [0.2, 0.25) is 5.91 Å². The van der Waals surface area contributed by atoms with Gasteiger partial charge in [0.1, 0.15) is 6.04 Å². The number of hydrazine groups is 1. The van der Waals surface area contributed by atoms with Crippen LogP contribution in [-0.2, 0) is 9.59 Å². The van der Waals surface area contributed by atoms with Gasteiger partial charge in [-0.2, -0.15) is 0 Å². The van der Waals surface area contributed by atoms with Crippen LogP contribution >= 0.6 is 0 Å². The van der Waals surface area contributed by atoms with E-state index < -0.39 is 17.9 Å². The van der Waals surface area contributed by atoms with Gasteiger partial charge in [-0.25, -0.2) is 5.43 Å². The molecule has 0 aromatic heterocycles. The van der Waals surface area contributed by atoms with Gasteiger partial charge in [-0.3, -0.25) is 9.59 Å². The number of carbonyl (C=O) groups excluding carboxylic acids is 1. The second-order valence-corrected chi connectivity index (χ2v) is 4.41. The SMILES string of the molecule is Cc1cccc(NN[C@H](CCC(N)=O)C(=O)O)c1C. The van der Waals surface area contributed by atoms with E-state index in [1.54, 1.807) is 0 Å². The summed E-state index contributed by atoms with van der Waals surface area (Å²) in [4.78, 5) is 21.7. The number of primary amides is 1. The van der Waals surface area contributed by atoms with Crippen LogP contribution in [0, 0.1) is 13.8 Å². The average molecular weight is 265 g/mol. The van der Waals surface area contributed by atoms with Crippen molar-refractivity contribution in [3.05, 3.63) is 29.3 Å². The van der Waals surface area contributed by atoms with Gasteiger partial charge in [-0.1, -0.05) is 12.1 Å². The number of carbonyl (C=O) groups is 2. The van der Waals surface area contributed by atoms with E-state index >= 15 is 0 Å². The third kappa shape index (κ3) is 4.59.